The first-order valence-corrected chi connectivity index (χ1v) is 14.2. The number of aryl methyl sites for hydroxylation is 2. The molecule has 1 amide bonds. The van der Waals surface area contributed by atoms with Gasteiger partial charge in [0.15, 0.2) is 11.6 Å². The number of fused-ring (bicyclic) bond motifs is 6. The van der Waals surface area contributed by atoms with Crippen molar-refractivity contribution in [1.82, 2.24) is 0 Å². The minimum absolute atomic E-state index is 0.0469. The topological polar surface area (TPSA) is 66.5 Å². The zero-order chi connectivity index (χ0) is 28.4. The van der Waals surface area contributed by atoms with Gasteiger partial charge in [-0.05, 0) is 48.2 Å². The summed E-state index contributed by atoms with van der Waals surface area (Å²) in [5.41, 5.74) is 4.16. The summed E-state index contributed by atoms with van der Waals surface area (Å²) in [5.74, 6) is -1.36. The third-order valence-corrected chi connectivity index (χ3v) is 8.86. The van der Waals surface area contributed by atoms with Gasteiger partial charge in [-0.15, -0.1) is 0 Å². The summed E-state index contributed by atoms with van der Waals surface area (Å²) in [4.78, 5) is 45.7. The largest absolute Gasteiger partial charge is 0.352 e. The lowest BCUT2D eigenvalue weighted by Gasteiger charge is -2.38. The van der Waals surface area contributed by atoms with E-state index in [9.17, 15) is 14.4 Å². The molecule has 3 aromatic carbocycles. The first-order chi connectivity index (χ1) is 19.1. The van der Waals surface area contributed by atoms with Gasteiger partial charge in [-0.3, -0.25) is 14.4 Å². The molecule has 5 heteroatoms. The number of para-hydroxylation sites is 1. The van der Waals surface area contributed by atoms with Gasteiger partial charge in [0.05, 0.1) is 12.0 Å². The van der Waals surface area contributed by atoms with E-state index >= 15 is 0 Å². The van der Waals surface area contributed by atoms with E-state index in [1.807, 2.05) is 101 Å². The molecule has 0 aliphatic carbocycles. The molecule has 3 aromatic rings. The van der Waals surface area contributed by atoms with Gasteiger partial charge in [0.25, 0.3) is 0 Å². The van der Waals surface area contributed by atoms with Crippen molar-refractivity contribution in [3.63, 3.8) is 0 Å². The number of hydrogen-bond acceptors (Lipinski definition) is 4. The standard InChI is InChI=1S/C35H36N2O3/c1-6-9-22-13-15-23(16-14-22)31(38)29-30(32(39)34(3,4)5)37-27-18-12-21(2)20-24(27)17-19-28(37)35(29)25-10-7-8-11-26(25)36-33(35)40/h7-8,10-20,28-30H,6,9H2,1-5H3,(H,36,40)/t28-,29-,30+,35+/m0/s1. The molecule has 1 spiro atoms. The second kappa shape index (κ2) is 9.29. The molecule has 6 rings (SSSR count). The Morgan fingerprint density at radius 1 is 1.00 bits per heavy atom. The zero-order valence-electron chi connectivity index (χ0n) is 23.8. The molecule has 40 heavy (non-hydrogen) atoms. The van der Waals surface area contributed by atoms with Crippen molar-refractivity contribution >= 4 is 34.9 Å². The van der Waals surface area contributed by atoms with Crippen molar-refractivity contribution < 1.29 is 14.4 Å². The molecule has 1 N–H and O–H groups in total. The van der Waals surface area contributed by atoms with Gasteiger partial charge in [0.2, 0.25) is 5.91 Å². The summed E-state index contributed by atoms with van der Waals surface area (Å²) in [5, 5.41) is 3.09. The number of hydrogen-bond donors (Lipinski definition) is 1. The average molecular weight is 533 g/mol. The molecule has 0 saturated carbocycles. The Kier molecular flexibility index (Phi) is 6.10. The number of carbonyl (C=O) groups is 3. The Morgan fingerprint density at radius 3 is 2.42 bits per heavy atom. The first-order valence-electron chi connectivity index (χ1n) is 14.2. The Balaban J connectivity index is 1.64. The van der Waals surface area contributed by atoms with Crippen LogP contribution in [0.1, 0.15) is 66.7 Å². The van der Waals surface area contributed by atoms with Crippen LogP contribution in [0.3, 0.4) is 0 Å². The van der Waals surface area contributed by atoms with Gasteiger partial charge >= 0.3 is 0 Å². The Bertz CT molecular complexity index is 1560. The van der Waals surface area contributed by atoms with Crippen LogP contribution in [-0.4, -0.2) is 29.6 Å². The van der Waals surface area contributed by atoms with Gasteiger partial charge < -0.3 is 10.2 Å². The first kappa shape index (κ1) is 26.2. The minimum Gasteiger partial charge on any atom is -0.352 e. The maximum Gasteiger partial charge on any atom is 0.238 e. The van der Waals surface area contributed by atoms with Gasteiger partial charge in [0, 0.05) is 22.4 Å². The predicted molar refractivity (Wildman–Crippen MR) is 160 cm³/mol. The smallest absolute Gasteiger partial charge is 0.238 e. The highest BCUT2D eigenvalue weighted by molar-refractivity contribution is 6.17. The number of ketones is 2. The lowest BCUT2D eigenvalue weighted by molar-refractivity contribution is -0.128. The highest BCUT2D eigenvalue weighted by atomic mass is 16.2. The number of nitrogens with zero attached hydrogens (tertiary/aromatic N) is 1. The summed E-state index contributed by atoms with van der Waals surface area (Å²) in [6.45, 7) is 9.86. The summed E-state index contributed by atoms with van der Waals surface area (Å²) in [6.07, 6.45) is 6.02. The molecule has 0 bridgehead atoms. The van der Waals surface area contributed by atoms with Crippen LogP contribution in [0, 0.1) is 18.3 Å². The van der Waals surface area contributed by atoms with Crippen molar-refractivity contribution in [3.05, 3.63) is 101 Å². The maximum atomic E-state index is 14.8. The van der Waals surface area contributed by atoms with Gasteiger partial charge in [-0.25, -0.2) is 0 Å². The monoisotopic (exact) mass is 532 g/mol. The molecule has 1 saturated heterocycles. The number of rotatable bonds is 5. The Morgan fingerprint density at radius 2 is 1.73 bits per heavy atom. The quantitative estimate of drug-likeness (QED) is 0.379. The second-order valence-corrected chi connectivity index (χ2v) is 12.5. The van der Waals surface area contributed by atoms with Crippen LogP contribution >= 0.6 is 0 Å². The van der Waals surface area contributed by atoms with Gasteiger partial charge in [-0.2, -0.15) is 0 Å². The van der Waals surface area contributed by atoms with E-state index in [1.54, 1.807) is 0 Å². The van der Waals surface area contributed by atoms with Crippen LogP contribution in [0.2, 0.25) is 0 Å². The van der Waals surface area contributed by atoms with Gasteiger partial charge in [0.1, 0.15) is 11.5 Å². The van der Waals surface area contributed by atoms with Crippen LogP contribution in [-0.2, 0) is 21.4 Å². The minimum atomic E-state index is -1.26. The predicted octanol–water partition coefficient (Wildman–Crippen LogP) is 6.54. The molecule has 3 aliphatic rings. The normalized spacial score (nSPS) is 24.5. The van der Waals surface area contributed by atoms with Crippen molar-refractivity contribution in [2.45, 2.75) is 65.0 Å². The van der Waals surface area contributed by atoms with E-state index in [4.69, 9.17) is 0 Å². The Hall–Kier alpha value is -3.99. The Labute approximate surface area is 236 Å². The SMILES string of the molecule is CCCc1ccc(C(=O)[C@@H]2[C@H](C(=O)C(C)(C)C)N3c4ccc(C)cc4C=C[C@H]3[C@@]23C(=O)Nc2ccccc23)cc1. The second-order valence-electron chi connectivity index (χ2n) is 12.5. The fourth-order valence-electron chi connectivity index (χ4n) is 7.05. The molecule has 1 fully saturated rings. The molecular weight excluding hydrogens is 496 g/mol. The van der Waals surface area contributed by atoms with Crippen LogP contribution in [0.15, 0.2) is 72.8 Å². The lowest BCUT2D eigenvalue weighted by atomic mass is 9.63. The van der Waals surface area contributed by atoms with Crippen molar-refractivity contribution in [1.29, 1.82) is 0 Å². The van der Waals surface area contributed by atoms with E-state index in [0.29, 0.717) is 11.3 Å². The summed E-state index contributed by atoms with van der Waals surface area (Å²) < 4.78 is 0. The number of amides is 1. The van der Waals surface area contributed by atoms with Crippen molar-refractivity contribution in [2.75, 3.05) is 10.2 Å². The third-order valence-electron chi connectivity index (χ3n) is 8.86. The highest BCUT2D eigenvalue weighted by Gasteiger charge is 2.70. The van der Waals surface area contributed by atoms with Crippen molar-refractivity contribution in [2.24, 2.45) is 11.3 Å². The molecule has 3 heterocycles. The third kappa shape index (κ3) is 3.71. The van der Waals surface area contributed by atoms with Gasteiger partial charge in [-0.1, -0.05) is 100 Å². The van der Waals surface area contributed by atoms with E-state index in [2.05, 4.69) is 23.2 Å². The zero-order valence-corrected chi connectivity index (χ0v) is 23.8. The van der Waals surface area contributed by atoms with Crippen molar-refractivity contribution in [3.8, 4) is 0 Å². The number of carbonyl (C=O) groups excluding carboxylic acids is 3. The molecule has 0 radical (unpaired) electrons. The summed E-state index contributed by atoms with van der Waals surface area (Å²) >= 11 is 0. The number of benzene rings is 3. The highest BCUT2D eigenvalue weighted by Crippen LogP contribution is 2.58. The lowest BCUT2D eigenvalue weighted by Crippen LogP contribution is -2.51. The molecule has 0 unspecified atom stereocenters. The van der Waals surface area contributed by atoms with E-state index in [0.717, 1.165) is 40.8 Å². The maximum absolute atomic E-state index is 14.8. The van der Waals surface area contributed by atoms with E-state index in [-0.39, 0.29) is 17.5 Å². The van der Waals surface area contributed by atoms with Crippen LogP contribution < -0.4 is 10.2 Å². The molecule has 204 valence electrons. The average Bonchev–Trinajstić information content (AvgIpc) is 3.40. The van der Waals surface area contributed by atoms with Crippen LogP contribution in [0.25, 0.3) is 6.08 Å². The number of nitrogens with one attached hydrogen (secondary N) is 1. The summed E-state index contributed by atoms with van der Waals surface area (Å²) in [6, 6.07) is 20.2. The van der Waals surface area contributed by atoms with Crippen LogP contribution in [0.4, 0.5) is 11.4 Å². The van der Waals surface area contributed by atoms with E-state index in [1.165, 1.54) is 0 Å². The summed E-state index contributed by atoms with van der Waals surface area (Å²) in [7, 11) is 0. The molecule has 3 aliphatic heterocycles. The number of Topliss-reactive ketones (excluding diaryl/α,β-unsaturated/α-hetero) is 2. The van der Waals surface area contributed by atoms with E-state index < -0.39 is 28.8 Å². The number of anilines is 2. The molecule has 0 aromatic heterocycles. The fraction of sp³-hybridized carbons (Fsp3) is 0.343. The molecule has 5 nitrogen and oxygen atoms in total. The molecular formula is C35H36N2O3. The van der Waals surface area contributed by atoms with Crippen LogP contribution in [0.5, 0.6) is 0 Å². The fourth-order valence-corrected chi connectivity index (χ4v) is 7.05. The molecule has 4 atom stereocenters.